The molecular weight excluding hydrogens is 616 g/mol. The lowest BCUT2D eigenvalue weighted by atomic mass is 9.97. The van der Waals surface area contributed by atoms with Crippen molar-refractivity contribution in [1.29, 1.82) is 0 Å². The second kappa shape index (κ2) is 14.9. The number of rotatable bonds is 13. The molecule has 0 spiro atoms. The fourth-order valence-electron chi connectivity index (χ4n) is 6.23. The number of hydrogen-bond donors (Lipinski definition) is 3. The van der Waals surface area contributed by atoms with E-state index in [1.54, 1.807) is 28.6 Å². The van der Waals surface area contributed by atoms with Crippen molar-refractivity contribution in [3.8, 4) is 11.3 Å². The van der Waals surface area contributed by atoms with Crippen LogP contribution in [0.4, 0.5) is 11.9 Å². The largest absolute Gasteiger partial charge is 0.369 e. The van der Waals surface area contributed by atoms with E-state index in [1.165, 1.54) is 0 Å². The van der Waals surface area contributed by atoms with E-state index in [2.05, 4.69) is 41.3 Å². The number of likely N-dealkylation sites (N-methyl/N-ethyl adjacent to an activating group) is 1. The second-order valence-electron chi connectivity index (χ2n) is 13.1. The van der Waals surface area contributed by atoms with Gasteiger partial charge in [0.15, 0.2) is 11.4 Å². The first kappa shape index (κ1) is 33.7. The molecule has 0 unspecified atom stereocenters. The number of piperidine rings is 1. The first-order valence-corrected chi connectivity index (χ1v) is 16.8. The van der Waals surface area contributed by atoms with Gasteiger partial charge in [-0.25, -0.2) is 0 Å². The number of nitrogens with two attached hydrogens (primary N) is 2. The SMILES string of the molecule is CC(C)c1cnn2c(NCc3ccccc3-c3nccc4cc(CC(=O)/C=C/CN(C)CC(N)=O)ccc34)nc(N3CCC(N)CC3)nc12. The molecule has 0 bridgehead atoms. The maximum atomic E-state index is 12.7. The van der Waals surface area contributed by atoms with Gasteiger partial charge in [-0.05, 0) is 54.5 Å². The van der Waals surface area contributed by atoms with Gasteiger partial charge in [0.1, 0.15) is 0 Å². The standard InChI is InChI=1S/C37H44N10O2/c1-24(2)32-22-42-47-35(32)43-37(46-17-13-28(38)14-18-46)44-36(47)41-21-27-7-4-5-9-30(27)34-31-11-10-25(19-26(31)12-15-40-34)20-29(48)8-6-16-45(3)23-33(39)49/h4-12,15,19,22,24,28H,13-14,16-18,20-21,23,38H2,1-3H3,(H2,39,49)(H,41,43,44)/b8-6+. The lowest BCUT2D eigenvalue weighted by Gasteiger charge is -2.30. The molecule has 1 fully saturated rings. The van der Waals surface area contributed by atoms with Crippen molar-refractivity contribution in [2.24, 2.45) is 11.5 Å². The topological polar surface area (TPSA) is 161 Å². The number of ketones is 1. The monoisotopic (exact) mass is 660 g/mol. The average molecular weight is 661 g/mol. The molecule has 2 aromatic carbocycles. The number of fused-ring (bicyclic) bond motifs is 2. The van der Waals surface area contributed by atoms with E-state index in [9.17, 15) is 9.59 Å². The van der Waals surface area contributed by atoms with Crippen LogP contribution in [0.25, 0.3) is 27.7 Å². The van der Waals surface area contributed by atoms with E-state index in [0.29, 0.717) is 25.0 Å². The van der Waals surface area contributed by atoms with Gasteiger partial charge in [0, 0.05) is 61.4 Å². The number of nitrogens with one attached hydrogen (secondary N) is 1. The molecule has 0 atom stereocenters. The number of aromatic nitrogens is 5. The van der Waals surface area contributed by atoms with Crippen LogP contribution >= 0.6 is 0 Å². The van der Waals surface area contributed by atoms with Crippen molar-refractivity contribution in [3.05, 3.63) is 89.8 Å². The zero-order chi connectivity index (χ0) is 34.5. The summed E-state index contributed by atoms with van der Waals surface area (Å²) in [5, 5.41) is 10.2. The minimum atomic E-state index is -0.402. The molecule has 254 valence electrons. The fourth-order valence-corrected chi connectivity index (χ4v) is 6.23. The summed E-state index contributed by atoms with van der Waals surface area (Å²) in [6.45, 7) is 7.03. The van der Waals surface area contributed by atoms with E-state index in [1.807, 2.05) is 48.8 Å². The smallest absolute Gasteiger partial charge is 0.231 e. The molecule has 0 aliphatic carbocycles. The molecule has 0 saturated carbocycles. The minimum Gasteiger partial charge on any atom is -0.369 e. The maximum Gasteiger partial charge on any atom is 0.231 e. The number of primary amides is 1. The van der Waals surface area contributed by atoms with Gasteiger partial charge in [-0.2, -0.15) is 19.6 Å². The van der Waals surface area contributed by atoms with Gasteiger partial charge in [-0.3, -0.25) is 19.5 Å². The number of carbonyl (C=O) groups is 2. The van der Waals surface area contributed by atoms with Crippen LogP contribution < -0.4 is 21.7 Å². The summed E-state index contributed by atoms with van der Waals surface area (Å²) in [5.74, 6) is 1.17. The summed E-state index contributed by atoms with van der Waals surface area (Å²) in [7, 11) is 1.78. The summed E-state index contributed by atoms with van der Waals surface area (Å²) in [6, 6.07) is 16.5. The number of pyridine rings is 1. The maximum absolute atomic E-state index is 12.7. The van der Waals surface area contributed by atoms with E-state index in [-0.39, 0.29) is 30.7 Å². The highest BCUT2D eigenvalue weighted by atomic mass is 16.1. The number of carbonyl (C=O) groups excluding carboxylic acids is 2. The zero-order valence-corrected chi connectivity index (χ0v) is 28.3. The first-order valence-electron chi connectivity index (χ1n) is 16.8. The van der Waals surface area contributed by atoms with Crippen LogP contribution in [0, 0.1) is 0 Å². The molecule has 49 heavy (non-hydrogen) atoms. The molecule has 3 aromatic heterocycles. The molecule has 5 aromatic rings. The van der Waals surface area contributed by atoms with Crippen molar-refractivity contribution in [2.75, 3.05) is 43.4 Å². The highest BCUT2D eigenvalue weighted by molar-refractivity contribution is 5.97. The molecule has 1 aliphatic heterocycles. The number of anilines is 2. The summed E-state index contributed by atoms with van der Waals surface area (Å²) in [4.78, 5) is 42.4. The predicted octanol–water partition coefficient (Wildman–Crippen LogP) is 4.09. The zero-order valence-electron chi connectivity index (χ0n) is 28.3. The molecule has 0 radical (unpaired) electrons. The van der Waals surface area contributed by atoms with Crippen LogP contribution in [0.2, 0.25) is 0 Å². The van der Waals surface area contributed by atoms with E-state index in [4.69, 9.17) is 26.4 Å². The van der Waals surface area contributed by atoms with Crippen LogP contribution in [0.5, 0.6) is 0 Å². The molecule has 1 aliphatic rings. The van der Waals surface area contributed by atoms with Gasteiger partial charge in [0.05, 0.1) is 18.4 Å². The van der Waals surface area contributed by atoms with Crippen LogP contribution in [0.1, 0.15) is 49.3 Å². The first-order chi connectivity index (χ1) is 23.7. The van der Waals surface area contributed by atoms with Crippen molar-refractivity contribution in [3.63, 3.8) is 0 Å². The van der Waals surface area contributed by atoms with E-state index in [0.717, 1.165) is 70.3 Å². The lowest BCUT2D eigenvalue weighted by Crippen LogP contribution is -2.40. The van der Waals surface area contributed by atoms with E-state index >= 15 is 0 Å². The third kappa shape index (κ3) is 7.93. The van der Waals surface area contributed by atoms with Gasteiger partial charge in [-0.1, -0.05) is 62.4 Å². The van der Waals surface area contributed by atoms with Gasteiger partial charge >= 0.3 is 0 Å². The number of amides is 1. The number of nitrogens with zero attached hydrogens (tertiary/aromatic N) is 7. The van der Waals surface area contributed by atoms with Gasteiger partial charge < -0.3 is 21.7 Å². The molecule has 12 heteroatoms. The van der Waals surface area contributed by atoms with Crippen LogP contribution in [-0.4, -0.2) is 80.4 Å². The molecule has 1 saturated heterocycles. The Morgan fingerprint density at radius 2 is 1.90 bits per heavy atom. The number of allylic oxidation sites excluding steroid dienone is 1. The van der Waals surface area contributed by atoms with Crippen molar-refractivity contribution in [1.82, 2.24) is 29.5 Å². The summed E-state index contributed by atoms with van der Waals surface area (Å²) >= 11 is 0. The Kier molecular flexibility index (Phi) is 10.3. The number of benzene rings is 2. The Morgan fingerprint density at radius 3 is 2.67 bits per heavy atom. The Labute approximate surface area is 286 Å². The van der Waals surface area contributed by atoms with Gasteiger partial charge in [0.2, 0.25) is 17.8 Å². The normalized spacial score (nSPS) is 14.1. The molecule has 4 heterocycles. The molecule has 12 nitrogen and oxygen atoms in total. The Morgan fingerprint density at radius 1 is 1.10 bits per heavy atom. The summed E-state index contributed by atoms with van der Waals surface area (Å²) in [6.07, 6.45) is 9.10. The fraction of sp³-hybridized carbons (Fsp3) is 0.351. The third-order valence-electron chi connectivity index (χ3n) is 8.89. The predicted molar refractivity (Wildman–Crippen MR) is 193 cm³/mol. The lowest BCUT2D eigenvalue weighted by molar-refractivity contribution is -0.118. The van der Waals surface area contributed by atoms with Crippen molar-refractivity contribution in [2.45, 2.75) is 51.6 Å². The summed E-state index contributed by atoms with van der Waals surface area (Å²) in [5.41, 5.74) is 17.1. The van der Waals surface area contributed by atoms with Crippen molar-refractivity contribution < 1.29 is 9.59 Å². The highest BCUT2D eigenvalue weighted by Gasteiger charge is 2.22. The number of hydrogen-bond acceptors (Lipinski definition) is 10. The van der Waals surface area contributed by atoms with Gasteiger partial charge in [-0.15, -0.1) is 0 Å². The quantitative estimate of drug-likeness (QED) is 0.157. The van der Waals surface area contributed by atoms with Gasteiger partial charge in [0.25, 0.3) is 0 Å². The minimum absolute atomic E-state index is 0.0129. The van der Waals surface area contributed by atoms with Crippen LogP contribution in [0.15, 0.2) is 73.1 Å². The highest BCUT2D eigenvalue weighted by Crippen LogP contribution is 2.31. The Balaban J connectivity index is 1.23. The Bertz CT molecular complexity index is 1990. The average Bonchev–Trinajstić information content (AvgIpc) is 3.52. The van der Waals surface area contributed by atoms with Crippen LogP contribution in [0.3, 0.4) is 0 Å². The molecule has 6 rings (SSSR count). The molecular formula is C37H44N10O2. The third-order valence-corrected chi connectivity index (χ3v) is 8.89. The van der Waals surface area contributed by atoms with E-state index < -0.39 is 5.91 Å². The summed E-state index contributed by atoms with van der Waals surface area (Å²) < 4.78 is 1.80. The Hall–Kier alpha value is -5.20. The van der Waals surface area contributed by atoms with Crippen molar-refractivity contribution >= 4 is 40.0 Å². The molecule has 1 amide bonds. The second-order valence-corrected chi connectivity index (χ2v) is 13.1. The van der Waals surface area contributed by atoms with Crippen LogP contribution in [-0.2, 0) is 22.6 Å². The molecule has 5 N–H and O–H groups in total.